The molecule has 0 nitrogen and oxygen atoms in total. The predicted octanol–water partition coefficient (Wildman–Crippen LogP) is 6.65. The Bertz CT molecular complexity index is 674. The second-order valence-corrected chi connectivity index (χ2v) is 7.06. The van der Waals surface area contributed by atoms with Gasteiger partial charge in [-0.1, -0.05) is 63.1 Å². The van der Waals surface area contributed by atoms with Gasteiger partial charge in [0.05, 0.1) is 0 Å². The lowest BCUT2D eigenvalue weighted by Crippen LogP contribution is -2.03. The molecule has 23 heavy (non-hydrogen) atoms. The lowest BCUT2D eigenvalue weighted by molar-refractivity contribution is 0.578. The summed E-state index contributed by atoms with van der Waals surface area (Å²) in [6.07, 6.45) is 3.53. The van der Waals surface area contributed by atoms with Gasteiger partial charge in [-0.2, -0.15) is 0 Å². The number of hydrogen-bond donors (Lipinski definition) is 0. The highest BCUT2D eigenvalue weighted by atomic mass is 35.5. The Morgan fingerprint density at radius 2 is 1.74 bits per heavy atom. The van der Waals surface area contributed by atoms with Crippen LogP contribution in [0.3, 0.4) is 0 Å². The molecule has 0 aliphatic rings. The summed E-state index contributed by atoms with van der Waals surface area (Å²) in [6, 6.07) is 10.3. The standard InChI is InChI=1S/C21H26ClF/c1-5-6-18-12-16(13-19(14(2)3)21(18)23)8-10-17-9-7-15(4)11-20(17)22/h7,9,11-14H,5-6,8,10H2,1-4H3. The van der Waals surface area contributed by atoms with Crippen LogP contribution >= 0.6 is 11.6 Å². The fourth-order valence-electron chi connectivity index (χ4n) is 2.93. The van der Waals surface area contributed by atoms with Crippen LogP contribution < -0.4 is 0 Å². The van der Waals surface area contributed by atoms with Crippen LogP contribution in [-0.4, -0.2) is 0 Å². The average molecular weight is 333 g/mol. The van der Waals surface area contributed by atoms with E-state index in [0.29, 0.717) is 0 Å². The molecule has 0 N–H and O–H groups in total. The summed E-state index contributed by atoms with van der Waals surface area (Å²) >= 11 is 6.32. The molecule has 0 aromatic heterocycles. The van der Waals surface area contributed by atoms with Gasteiger partial charge < -0.3 is 0 Å². The van der Waals surface area contributed by atoms with E-state index in [1.54, 1.807) is 0 Å². The summed E-state index contributed by atoms with van der Waals surface area (Å²) in [5, 5.41) is 0.824. The Kier molecular flexibility index (Phi) is 6.24. The lowest BCUT2D eigenvalue weighted by Gasteiger charge is -2.14. The third kappa shape index (κ3) is 4.57. The van der Waals surface area contributed by atoms with Gasteiger partial charge in [-0.05, 0) is 66.0 Å². The molecule has 0 aliphatic carbocycles. The van der Waals surface area contributed by atoms with Gasteiger partial charge in [0, 0.05) is 5.02 Å². The summed E-state index contributed by atoms with van der Waals surface area (Å²) in [6.45, 7) is 8.23. The van der Waals surface area contributed by atoms with Crippen LogP contribution in [0, 0.1) is 12.7 Å². The second kappa shape index (κ2) is 7.97. The molecular weight excluding hydrogens is 307 g/mol. The maximum atomic E-state index is 14.5. The first-order valence-corrected chi connectivity index (χ1v) is 8.86. The van der Waals surface area contributed by atoms with E-state index in [1.807, 2.05) is 25.1 Å². The van der Waals surface area contributed by atoms with E-state index < -0.39 is 0 Å². The van der Waals surface area contributed by atoms with Crippen molar-refractivity contribution in [1.29, 1.82) is 0 Å². The van der Waals surface area contributed by atoms with E-state index in [-0.39, 0.29) is 11.7 Å². The molecule has 2 rings (SSSR count). The molecule has 0 radical (unpaired) electrons. The topological polar surface area (TPSA) is 0 Å². The van der Waals surface area contributed by atoms with Crippen molar-refractivity contribution in [3.8, 4) is 0 Å². The number of halogens is 2. The van der Waals surface area contributed by atoms with Crippen LogP contribution in [0.1, 0.15) is 60.9 Å². The van der Waals surface area contributed by atoms with Gasteiger partial charge >= 0.3 is 0 Å². The second-order valence-electron chi connectivity index (χ2n) is 6.66. The molecule has 2 aromatic carbocycles. The molecule has 0 aliphatic heterocycles. The first-order chi connectivity index (χ1) is 10.9. The fraction of sp³-hybridized carbons (Fsp3) is 0.429. The van der Waals surface area contributed by atoms with E-state index in [0.717, 1.165) is 47.4 Å². The van der Waals surface area contributed by atoms with Crippen molar-refractivity contribution in [3.63, 3.8) is 0 Å². The summed E-state index contributed by atoms with van der Waals surface area (Å²) in [5.41, 5.74) is 5.22. The Balaban J connectivity index is 2.25. The molecule has 0 heterocycles. The monoisotopic (exact) mass is 332 g/mol. The predicted molar refractivity (Wildman–Crippen MR) is 98.1 cm³/mol. The van der Waals surface area contributed by atoms with Crippen molar-refractivity contribution in [2.75, 3.05) is 0 Å². The van der Waals surface area contributed by atoms with E-state index in [1.165, 1.54) is 11.1 Å². The van der Waals surface area contributed by atoms with Gasteiger partial charge in [-0.25, -0.2) is 4.39 Å². The zero-order valence-electron chi connectivity index (χ0n) is 14.5. The Morgan fingerprint density at radius 3 is 2.35 bits per heavy atom. The first-order valence-electron chi connectivity index (χ1n) is 8.48. The van der Waals surface area contributed by atoms with Crippen molar-refractivity contribution in [2.24, 2.45) is 0 Å². The van der Waals surface area contributed by atoms with Gasteiger partial charge in [-0.3, -0.25) is 0 Å². The molecule has 124 valence electrons. The van der Waals surface area contributed by atoms with Crippen molar-refractivity contribution >= 4 is 11.6 Å². The average Bonchev–Trinajstić information content (AvgIpc) is 2.49. The van der Waals surface area contributed by atoms with Crippen LogP contribution in [0.4, 0.5) is 4.39 Å². The minimum absolute atomic E-state index is 0.0148. The highest BCUT2D eigenvalue weighted by molar-refractivity contribution is 6.31. The van der Waals surface area contributed by atoms with Crippen LogP contribution in [-0.2, 0) is 19.3 Å². The SMILES string of the molecule is CCCc1cc(CCc2ccc(C)cc2Cl)cc(C(C)C)c1F. The largest absolute Gasteiger partial charge is 0.206 e. The molecule has 0 unspecified atom stereocenters. The van der Waals surface area contributed by atoms with E-state index in [2.05, 4.69) is 32.9 Å². The minimum Gasteiger partial charge on any atom is -0.206 e. The summed E-state index contributed by atoms with van der Waals surface area (Å²) in [4.78, 5) is 0. The molecule has 0 fully saturated rings. The number of benzene rings is 2. The van der Waals surface area contributed by atoms with E-state index in [9.17, 15) is 4.39 Å². The van der Waals surface area contributed by atoms with Gasteiger partial charge in [0.15, 0.2) is 0 Å². The summed E-state index contributed by atoms with van der Waals surface area (Å²) in [5.74, 6) is 0.187. The summed E-state index contributed by atoms with van der Waals surface area (Å²) in [7, 11) is 0. The van der Waals surface area contributed by atoms with Crippen molar-refractivity contribution < 1.29 is 4.39 Å². The van der Waals surface area contributed by atoms with Crippen LogP contribution in [0.25, 0.3) is 0 Å². The minimum atomic E-state index is -0.0148. The normalized spacial score (nSPS) is 11.3. The molecule has 0 atom stereocenters. The van der Waals surface area contributed by atoms with Crippen LogP contribution in [0.15, 0.2) is 30.3 Å². The first kappa shape index (κ1) is 18.0. The molecule has 0 amide bonds. The molecule has 0 spiro atoms. The van der Waals surface area contributed by atoms with Gasteiger partial charge in [-0.15, -0.1) is 0 Å². The molecule has 0 saturated heterocycles. The molecule has 2 heteroatoms. The lowest BCUT2D eigenvalue weighted by atomic mass is 9.92. The van der Waals surface area contributed by atoms with Crippen LogP contribution in [0.5, 0.6) is 0 Å². The smallest absolute Gasteiger partial charge is 0.129 e. The van der Waals surface area contributed by atoms with Gasteiger partial charge in [0.25, 0.3) is 0 Å². The Morgan fingerprint density at radius 1 is 1.00 bits per heavy atom. The zero-order valence-corrected chi connectivity index (χ0v) is 15.3. The highest BCUT2D eigenvalue weighted by Gasteiger charge is 2.13. The third-order valence-corrected chi connectivity index (χ3v) is 4.62. The quantitative estimate of drug-likeness (QED) is 0.555. The Labute approximate surface area is 144 Å². The molecule has 0 saturated carbocycles. The maximum Gasteiger partial charge on any atom is 0.129 e. The molecular formula is C21H26ClF. The zero-order chi connectivity index (χ0) is 17.0. The molecule has 2 aromatic rings. The van der Waals surface area contributed by atoms with Crippen molar-refractivity contribution in [1.82, 2.24) is 0 Å². The third-order valence-electron chi connectivity index (χ3n) is 4.27. The molecule has 0 bridgehead atoms. The van der Waals surface area contributed by atoms with Crippen LogP contribution in [0.2, 0.25) is 5.02 Å². The van der Waals surface area contributed by atoms with Crippen molar-refractivity contribution in [3.05, 3.63) is 69.0 Å². The number of rotatable bonds is 6. The summed E-state index contributed by atoms with van der Waals surface area (Å²) < 4.78 is 14.5. The van der Waals surface area contributed by atoms with Crippen molar-refractivity contribution in [2.45, 2.75) is 59.3 Å². The Hall–Kier alpha value is -1.34. The number of hydrogen-bond acceptors (Lipinski definition) is 0. The fourth-order valence-corrected chi connectivity index (χ4v) is 3.26. The maximum absolute atomic E-state index is 14.5. The van der Waals surface area contributed by atoms with Gasteiger partial charge in [0.1, 0.15) is 5.82 Å². The highest BCUT2D eigenvalue weighted by Crippen LogP contribution is 2.26. The van der Waals surface area contributed by atoms with Gasteiger partial charge in [0.2, 0.25) is 0 Å². The van der Waals surface area contributed by atoms with E-state index in [4.69, 9.17) is 11.6 Å². The number of aryl methyl sites for hydroxylation is 4. The van der Waals surface area contributed by atoms with E-state index >= 15 is 0 Å².